The Morgan fingerprint density at radius 3 is 0.857 bits per heavy atom. The molecule has 0 amide bonds. The monoisotopic (exact) mass is 688 g/mol. The molecule has 0 bridgehead atoms. The molecule has 0 aliphatic rings. The Kier molecular flexibility index (Phi) is 10.5. The lowest BCUT2D eigenvalue weighted by molar-refractivity contribution is 0.568. The highest BCUT2D eigenvalue weighted by Gasteiger charge is 2.21. The molecule has 0 heterocycles. The minimum atomic E-state index is 0.0891. The first-order valence-corrected chi connectivity index (χ1v) is 16.6. The van der Waals surface area contributed by atoms with Crippen molar-refractivity contribution in [3.63, 3.8) is 0 Å². The molecule has 42 heavy (non-hydrogen) atoms. The van der Waals surface area contributed by atoms with E-state index in [1.165, 1.54) is 44.5 Å². The van der Waals surface area contributed by atoms with Gasteiger partial charge in [-0.05, 0) is 128 Å². The molecule has 0 N–H and O–H groups in total. The summed E-state index contributed by atoms with van der Waals surface area (Å²) in [6.07, 6.45) is 11.1. The average molecular weight is 691 g/mol. The van der Waals surface area contributed by atoms with Crippen LogP contribution in [0.2, 0.25) is 0 Å². The van der Waals surface area contributed by atoms with Crippen LogP contribution >= 0.6 is 31.9 Å². The van der Waals surface area contributed by atoms with Gasteiger partial charge in [-0.1, -0.05) is 144 Å². The van der Waals surface area contributed by atoms with E-state index in [9.17, 15) is 0 Å². The Balaban J connectivity index is 2.08. The summed E-state index contributed by atoms with van der Waals surface area (Å²) >= 11 is 7.12. The SMILES string of the molecule is CC(C)(C)c1cc(/C=C/c2cc(C=C(Br)Br)cc(/C=C/c3cc(C(C)(C)C)cc(C(C)(C)C)c3)c2)cc(C(C)(C)C)c1. The Morgan fingerprint density at radius 2 is 0.619 bits per heavy atom. The molecular formula is C40H50Br2. The molecular weight excluding hydrogens is 640 g/mol. The normalized spacial score (nSPS) is 13.3. The van der Waals surface area contributed by atoms with E-state index in [1.54, 1.807) is 0 Å². The van der Waals surface area contributed by atoms with Gasteiger partial charge in [0.2, 0.25) is 0 Å². The maximum Gasteiger partial charge on any atom is 0.0610 e. The van der Waals surface area contributed by atoms with Crippen molar-refractivity contribution >= 4 is 62.2 Å². The zero-order valence-corrected chi connectivity index (χ0v) is 31.0. The maximum atomic E-state index is 3.56. The van der Waals surface area contributed by atoms with Gasteiger partial charge in [-0.2, -0.15) is 0 Å². The van der Waals surface area contributed by atoms with Gasteiger partial charge in [0.1, 0.15) is 0 Å². The summed E-state index contributed by atoms with van der Waals surface area (Å²) in [6.45, 7) is 27.5. The van der Waals surface area contributed by atoms with Crippen LogP contribution in [-0.2, 0) is 21.7 Å². The van der Waals surface area contributed by atoms with Crippen LogP contribution < -0.4 is 0 Å². The Morgan fingerprint density at radius 1 is 0.381 bits per heavy atom. The second-order valence-electron chi connectivity index (χ2n) is 15.7. The molecule has 0 saturated heterocycles. The fraction of sp³-hybridized carbons (Fsp3) is 0.400. The summed E-state index contributed by atoms with van der Waals surface area (Å²) in [6, 6.07) is 20.8. The molecule has 0 aliphatic carbocycles. The highest BCUT2D eigenvalue weighted by atomic mass is 79.9. The molecule has 0 nitrogen and oxygen atoms in total. The fourth-order valence-corrected chi connectivity index (χ4v) is 5.25. The van der Waals surface area contributed by atoms with Crippen LogP contribution in [0.1, 0.15) is 133 Å². The third kappa shape index (κ3) is 9.95. The topological polar surface area (TPSA) is 0 Å². The van der Waals surface area contributed by atoms with E-state index >= 15 is 0 Å². The molecule has 0 aliphatic heterocycles. The van der Waals surface area contributed by atoms with E-state index in [4.69, 9.17) is 0 Å². The van der Waals surface area contributed by atoms with Gasteiger partial charge in [-0.3, -0.25) is 0 Å². The highest BCUT2D eigenvalue weighted by molar-refractivity contribution is 9.28. The van der Waals surface area contributed by atoms with Gasteiger partial charge in [0, 0.05) is 0 Å². The highest BCUT2D eigenvalue weighted by Crippen LogP contribution is 2.33. The molecule has 0 fully saturated rings. The predicted octanol–water partition coefficient (Wildman–Crippen LogP) is 13.3. The molecule has 3 aromatic rings. The van der Waals surface area contributed by atoms with Crippen LogP contribution in [0.3, 0.4) is 0 Å². The van der Waals surface area contributed by atoms with Gasteiger partial charge in [-0.15, -0.1) is 0 Å². The smallest absolute Gasteiger partial charge is 0.0561 e. The zero-order chi connectivity index (χ0) is 31.7. The first-order chi connectivity index (χ1) is 19.1. The second kappa shape index (κ2) is 12.8. The van der Waals surface area contributed by atoms with Crippen molar-refractivity contribution in [2.45, 2.75) is 105 Å². The molecule has 0 spiro atoms. The third-order valence-corrected chi connectivity index (χ3v) is 8.04. The number of halogens is 2. The van der Waals surface area contributed by atoms with Gasteiger partial charge < -0.3 is 0 Å². The number of rotatable bonds is 5. The van der Waals surface area contributed by atoms with Crippen LogP contribution in [0.5, 0.6) is 0 Å². The Hall–Kier alpha value is -2.16. The zero-order valence-electron chi connectivity index (χ0n) is 27.8. The Bertz CT molecular complexity index is 1330. The van der Waals surface area contributed by atoms with E-state index in [1.807, 2.05) is 0 Å². The second-order valence-corrected chi connectivity index (χ2v) is 18.5. The van der Waals surface area contributed by atoms with E-state index in [2.05, 4.69) is 200 Å². The molecule has 224 valence electrons. The van der Waals surface area contributed by atoms with Crippen LogP contribution in [-0.4, -0.2) is 0 Å². The summed E-state index contributed by atoms with van der Waals surface area (Å²) < 4.78 is 0.923. The largest absolute Gasteiger partial charge is 0.0610 e. The average Bonchev–Trinajstić information content (AvgIpc) is 2.83. The van der Waals surface area contributed by atoms with Crippen LogP contribution in [0, 0.1) is 0 Å². The quantitative estimate of drug-likeness (QED) is 0.234. The van der Waals surface area contributed by atoms with E-state index in [0.717, 1.165) is 8.96 Å². The van der Waals surface area contributed by atoms with Gasteiger partial charge in [0.05, 0.1) is 3.39 Å². The summed E-state index contributed by atoms with van der Waals surface area (Å²) in [5, 5.41) is 0. The molecule has 0 saturated carbocycles. The molecule has 0 unspecified atom stereocenters. The molecule has 3 rings (SSSR count). The van der Waals surface area contributed by atoms with Gasteiger partial charge in [0.15, 0.2) is 0 Å². The fourth-order valence-electron chi connectivity index (χ4n) is 4.72. The number of hydrogen-bond acceptors (Lipinski definition) is 0. The van der Waals surface area contributed by atoms with Crippen LogP contribution in [0.25, 0.3) is 30.4 Å². The third-order valence-electron chi connectivity index (χ3n) is 7.59. The van der Waals surface area contributed by atoms with Crippen LogP contribution in [0.4, 0.5) is 0 Å². The lowest BCUT2D eigenvalue weighted by Gasteiger charge is -2.25. The molecule has 0 atom stereocenters. The van der Waals surface area contributed by atoms with Crippen molar-refractivity contribution in [1.82, 2.24) is 0 Å². The van der Waals surface area contributed by atoms with Gasteiger partial charge >= 0.3 is 0 Å². The van der Waals surface area contributed by atoms with E-state index in [-0.39, 0.29) is 21.7 Å². The summed E-state index contributed by atoms with van der Waals surface area (Å²) in [7, 11) is 0. The van der Waals surface area contributed by atoms with Crippen molar-refractivity contribution in [3.8, 4) is 0 Å². The number of hydrogen-bond donors (Lipinski definition) is 0. The lowest BCUT2D eigenvalue weighted by Crippen LogP contribution is -2.16. The summed E-state index contributed by atoms with van der Waals surface area (Å²) in [5.41, 5.74) is 11.8. The predicted molar refractivity (Wildman–Crippen MR) is 198 cm³/mol. The molecule has 2 heteroatoms. The summed E-state index contributed by atoms with van der Waals surface area (Å²) in [4.78, 5) is 0. The van der Waals surface area contributed by atoms with Crippen molar-refractivity contribution in [3.05, 3.63) is 108 Å². The lowest BCUT2D eigenvalue weighted by atomic mass is 9.79. The maximum absolute atomic E-state index is 3.56. The van der Waals surface area contributed by atoms with Crippen molar-refractivity contribution in [1.29, 1.82) is 0 Å². The molecule has 3 aromatic carbocycles. The molecule has 0 aromatic heterocycles. The first-order valence-electron chi connectivity index (χ1n) is 15.0. The number of benzene rings is 3. The Labute approximate surface area is 273 Å². The van der Waals surface area contributed by atoms with Gasteiger partial charge in [-0.25, -0.2) is 0 Å². The first kappa shape index (κ1) is 34.3. The van der Waals surface area contributed by atoms with E-state index in [0.29, 0.717) is 0 Å². The summed E-state index contributed by atoms with van der Waals surface area (Å²) in [5.74, 6) is 0. The van der Waals surface area contributed by atoms with Crippen LogP contribution in [0.15, 0.2) is 58.0 Å². The van der Waals surface area contributed by atoms with Crippen molar-refractivity contribution < 1.29 is 0 Å². The minimum Gasteiger partial charge on any atom is -0.0561 e. The minimum absolute atomic E-state index is 0.0891. The van der Waals surface area contributed by atoms with Crippen molar-refractivity contribution in [2.75, 3.05) is 0 Å². The standard InChI is InChI=1S/C40H50Br2/c1-37(2,3)32-20-29(21-33(25-32)38(4,5)6)15-13-27-17-28(19-31(18-27)24-36(41)42)14-16-30-22-34(39(7,8)9)26-35(23-30)40(10,11)12/h13-26H,1-12H3/b15-13+,16-14+. The molecule has 0 radical (unpaired) electrons. The van der Waals surface area contributed by atoms with Gasteiger partial charge in [0.25, 0.3) is 0 Å². The van der Waals surface area contributed by atoms with Crippen molar-refractivity contribution in [2.24, 2.45) is 0 Å². The van der Waals surface area contributed by atoms with E-state index < -0.39 is 0 Å².